The molecule has 0 saturated carbocycles. The third-order valence-electron chi connectivity index (χ3n) is 4.29. The second kappa shape index (κ2) is 8.31. The van der Waals surface area contributed by atoms with Crippen molar-refractivity contribution in [3.63, 3.8) is 0 Å². The van der Waals surface area contributed by atoms with Gasteiger partial charge in [0.25, 0.3) is 5.56 Å². The molecule has 0 atom stereocenters. The largest absolute Gasteiger partial charge is 0.497 e. The maximum absolute atomic E-state index is 13.2. The first-order valence-corrected chi connectivity index (χ1v) is 9.20. The van der Waals surface area contributed by atoms with Crippen molar-refractivity contribution in [2.24, 2.45) is 0 Å². The summed E-state index contributed by atoms with van der Waals surface area (Å²) < 4.78 is 7.48. The molecule has 1 heterocycles. The van der Waals surface area contributed by atoms with Crippen LogP contribution in [-0.2, 0) is 11.3 Å². The number of ether oxygens (including phenoxy) is 1. The highest BCUT2D eigenvalue weighted by Gasteiger charge is 2.17. The highest BCUT2D eigenvalue weighted by molar-refractivity contribution is 6.31. The monoisotopic (exact) mass is 401 g/mol. The third kappa shape index (κ3) is 3.80. The minimum Gasteiger partial charge on any atom is -0.497 e. The second-order valence-electron chi connectivity index (χ2n) is 6.22. The average molecular weight is 402 g/mol. The molecule has 0 unspecified atom stereocenters. The number of hydrogen-bond donors (Lipinski definition) is 1. The van der Waals surface area contributed by atoms with Crippen molar-refractivity contribution in [3.05, 3.63) is 68.3 Å². The van der Waals surface area contributed by atoms with E-state index in [1.807, 2.05) is 6.92 Å². The molecule has 0 aliphatic carbocycles. The van der Waals surface area contributed by atoms with Gasteiger partial charge >= 0.3 is 5.69 Å². The van der Waals surface area contributed by atoms with Crippen molar-refractivity contribution in [1.82, 2.24) is 14.5 Å². The van der Waals surface area contributed by atoms with Crippen molar-refractivity contribution in [1.29, 1.82) is 0 Å². The zero-order valence-corrected chi connectivity index (χ0v) is 16.3. The fraction of sp³-hybridized carbons (Fsp3) is 0.250. The predicted molar refractivity (Wildman–Crippen MR) is 109 cm³/mol. The zero-order chi connectivity index (χ0) is 20.3. The predicted octanol–water partition coefficient (Wildman–Crippen LogP) is 2.34. The van der Waals surface area contributed by atoms with Crippen molar-refractivity contribution in [2.75, 3.05) is 13.7 Å². The first-order valence-electron chi connectivity index (χ1n) is 8.82. The normalized spacial score (nSPS) is 10.8. The molecule has 3 aromatic rings. The number of benzene rings is 2. The molecule has 0 aliphatic heterocycles. The van der Waals surface area contributed by atoms with Gasteiger partial charge in [0.05, 0.1) is 23.7 Å². The molecule has 8 heteroatoms. The van der Waals surface area contributed by atoms with Gasteiger partial charge in [-0.1, -0.05) is 24.6 Å². The van der Waals surface area contributed by atoms with Crippen LogP contribution >= 0.6 is 11.6 Å². The lowest BCUT2D eigenvalue weighted by Crippen LogP contribution is -2.42. The van der Waals surface area contributed by atoms with E-state index in [1.54, 1.807) is 36.4 Å². The van der Waals surface area contributed by atoms with Gasteiger partial charge in [0.2, 0.25) is 5.91 Å². The molecule has 2 aromatic carbocycles. The van der Waals surface area contributed by atoms with Crippen molar-refractivity contribution in [3.8, 4) is 11.4 Å². The fourth-order valence-electron chi connectivity index (χ4n) is 2.93. The molecule has 7 nitrogen and oxygen atoms in total. The number of rotatable bonds is 6. The van der Waals surface area contributed by atoms with Crippen LogP contribution in [0.3, 0.4) is 0 Å². The minimum absolute atomic E-state index is 0.222. The van der Waals surface area contributed by atoms with E-state index in [9.17, 15) is 14.4 Å². The van der Waals surface area contributed by atoms with Crippen LogP contribution in [0.4, 0.5) is 0 Å². The fourth-order valence-corrected chi connectivity index (χ4v) is 3.10. The summed E-state index contributed by atoms with van der Waals surface area (Å²) in [5.74, 6) is 0.188. The first kappa shape index (κ1) is 19.7. The van der Waals surface area contributed by atoms with Gasteiger partial charge in [-0.3, -0.25) is 14.2 Å². The highest BCUT2D eigenvalue weighted by atomic mass is 35.5. The third-order valence-corrected chi connectivity index (χ3v) is 4.53. The van der Waals surface area contributed by atoms with Crippen molar-refractivity contribution < 1.29 is 9.53 Å². The number of methoxy groups -OCH3 is 1. The Morgan fingerprint density at radius 1 is 1.18 bits per heavy atom. The Labute approximate surface area is 166 Å². The summed E-state index contributed by atoms with van der Waals surface area (Å²) >= 11 is 6.07. The number of halogens is 1. The standard InChI is InChI=1S/C20H20ClN3O4/c1-3-9-22-18(25)12-23-17-10-13(21)7-8-16(17)19(26)24(20(23)27)14-5-4-6-15(11-14)28-2/h4-8,10-11H,3,9,12H2,1-2H3,(H,22,25). The van der Waals surface area contributed by atoms with Crippen molar-refractivity contribution >= 4 is 28.4 Å². The minimum atomic E-state index is -0.625. The summed E-state index contributed by atoms with van der Waals surface area (Å²) in [6, 6.07) is 11.3. The number of aromatic nitrogens is 2. The Bertz CT molecular complexity index is 1150. The van der Waals surface area contributed by atoms with Gasteiger partial charge in [0.1, 0.15) is 12.3 Å². The van der Waals surface area contributed by atoms with Gasteiger partial charge < -0.3 is 10.1 Å². The molecule has 28 heavy (non-hydrogen) atoms. The van der Waals surface area contributed by atoms with Crippen LogP contribution in [0.5, 0.6) is 5.75 Å². The Balaban J connectivity index is 2.28. The highest BCUT2D eigenvalue weighted by Crippen LogP contribution is 2.18. The van der Waals surface area contributed by atoms with Crippen LogP contribution in [0.1, 0.15) is 13.3 Å². The molecule has 0 spiro atoms. The molecule has 3 rings (SSSR count). The molecule has 1 amide bonds. The summed E-state index contributed by atoms with van der Waals surface area (Å²) in [5, 5.41) is 3.40. The van der Waals surface area contributed by atoms with Crippen LogP contribution in [0, 0.1) is 0 Å². The summed E-state index contributed by atoms with van der Waals surface area (Å²) in [5.41, 5.74) is -0.447. The van der Waals surface area contributed by atoms with E-state index in [-0.39, 0.29) is 17.8 Å². The molecule has 0 radical (unpaired) electrons. The maximum Gasteiger partial charge on any atom is 0.336 e. The molecule has 1 N–H and O–H groups in total. The van der Waals surface area contributed by atoms with Crippen LogP contribution in [0.15, 0.2) is 52.1 Å². The number of nitrogens with one attached hydrogen (secondary N) is 1. The van der Waals surface area contributed by atoms with Crippen molar-refractivity contribution in [2.45, 2.75) is 19.9 Å². The van der Waals surface area contributed by atoms with Gasteiger partial charge in [-0.2, -0.15) is 0 Å². The molecule has 0 bridgehead atoms. The SMILES string of the molecule is CCCNC(=O)Cn1c(=O)n(-c2cccc(OC)c2)c(=O)c2ccc(Cl)cc21. The van der Waals surface area contributed by atoms with Gasteiger partial charge in [-0.15, -0.1) is 0 Å². The Morgan fingerprint density at radius 3 is 2.68 bits per heavy atom. The zero-order valence-electron chi connectivity index (χ0n) is 15.6. The van der Waals surface area contributed by atoms with E-state index in [2.05, 4.69) is 5.32 Å². The van der Waals surface area contributed by atoms with Crippen LogP contribution in [0.2, 0.25) is 5.02 Å². The van der Waals surface area contributed by atoms with Gasteiger partial charge in [-0.05, 0) is 36.8 Å². The van der Waals surface area contributed by atoms with Crippen LogP contribution in [0.25, 0.3) is 16.6 Å². The molecule has 146 valence electrons. The molecule has 0 aliphatic rings. The lowest BCUT2D eigenvalue weighted by Gasteiger charge is -2.15. The van der Waals surface area contributed by atoms with E-state index >= 15 is 0 Å². The molecular formula is C20H20ClN3O4. The lowest BCUT2D eigenvalue weighted by molar-refractivity contribution is -0.121. The van der Waals surface area contributed by atoms with E-state index in [0.717, 1.165) is 11.0 Å². The van der Waals surface area contributed by atoms with Gasteiger partial charge in [-0.25, -0.2) is 9.36 Å². The maximum atomic E-state index is 13.2. The molecule has 0 fully saturated rings. The number of amides is 1. The Morgan fingerprint density at radius 2 is 1.96 bits per heavy atom. The second-order valence-corrected chi connectivity index (χ2v) is 6.66. The van der Waals surface area contributed by atoms with Crippen LogP contribution in [-0.4, -0.2) is 28.7 Å². The summed E-state index contributed by atoms with van der Waals surface area (Å²) in [7, 11) is 1.50. The van der Waals surface area contributed by atoms with E-state index in [0.29, 0.717) is 28.5 Å². The summed E-state index contributed by atoms with van der Waals surface area (Å²) in [6.07, 6.45) is 0.774. The quantitative estimate of drug-likeness (QED) is 0.687. The lowest BCUT2D eigenvalue weighted by atomic mass is 10.2. The van der Waals surface area contributed by atoms with Gasteiger partial charge in [0.15, 0.2) is 0 Å². The summed E-state index contributed by atoms with van der Waals surface area (Å²) in [4.78, 5) is 38.5. The topological polar surface area (TPSA) is 82.3 Å². The van der Waals surface area contributed by atoms with E-state index < -0.39 is 11.2 Å². The van der Waals surface area contributed by atoms with Crippen LogP contribution < -0.4 is 21.3 Å². The first-order chi connectivity index (χ1) is 13.5. The number of carbonyl (C=O) groups is 1. The molecular weight excluding hydrogens is 382 g/mol. The van der Waals surface area contributed by atoms with Gasteiger partial charge in [0, 0.05) is 17.6 Å². The summed E-state index contributed by atoms with van der Waals surface area (Å²) in [6.45, 7) is 2.21. The number of fused-ring (bicyclic) bond motifs is 1. The van der Waals surface area contributed by atoms with E-state index in [4.69, 9.17) is 16.3 Å². The average Bonchev–Trinajstić information content (AvgIpc) is 2.69. The Kier molecular flexibility index (Phi) is 5.84. The smallest absolute Gasteiger partial charge is 0.336 e. The molecule has 0 saturated heterocycles. The number of nitrogens with zero attached hydrogens (tertiary/aromatic N) is 2. The number of carbonyl (C=O) groups excluding carboxylic acids is 1. The molecule has 1 aromatic heterocycles. The number of hydrogen-bond acceptors (Lipinski definition) is 4. The Hall–Kier alpha value is -3.06. The van der Waals surface area contributed by atoms with E-state index in [1.165, 1.54) is 17.7 Å².